The van der Waals surface area contributed by atoms with Crippen LogP contribution in [-0.2, 0) is 62.0 Å². The van der Waals surface area contributed by atoms with E-state index in [1.807, 2.05) is 0 Å². The van der Waals surface area contributed by atoms with Gasteiger partial charge in [0.1, 0.15) is 30.0 Å². The first-order chi connectivity index (χ1) is 36.8. The molecule has 5 N–H and O–H groups in total. The van der Waals surface area contributed by atoms with E-state index in [0.717, 1.165) is 18.7 Å². The van der Waals surface area contributed by atoms with Crippen LogP contribution < -0.4 is 11.1 Å². The Morgan fingerprint density at radius 3 is 2.06 bits per heavy atom. The second-order valence-corrected chi connectivity index (χ2v) is 22.7. The quantitative estimate of drug-likeness (QED) is 0.0645. The van der Waals surface area contributed by atoms with Crippen molar-refractivity contribution in [1.82, 2.24) is 10.2 Å². The molecule has 416 valence electrons. The largest absolute Gasteiger partial charge is 0.455 e. The van der Waals surface area contributed by atoms with Gasteiger partial charge in [0.2, 0.25) is 17.9 Å². The molecule has 0 spiro atoms. The normalized spacial score (nSPS) is 30.2. The van der Waals surface area contributed by atoms with Crippen LogP contribution in [0.1, 0.15) is 106 Å². The molecule has 3 amide bonds. The molecular weight excluding hydrogens is 1030 g/mol. The number of Topliss-reactive ketones (excluding diaryl/α,β-unsaturated/α-hetero) is 1. The van der Waals surface area contributed by atoms with Gasteiger partial charge in [-0.25, -0.2) is 9.59 Å². The van der Waals surface area contributed by atoms with E-state index in [1.165, 1.54) is 63.7 Å². The van der Waals surface area contributed by atoms with Crippen LogP contribution in [0.3, 0.4) is 0 Å². The summed E-state index contributed by atoms with van der Waals surface area (Å²) in [5, 5.41) is 28.4. The van der Waals surface area contributed by atoms with Crippen molar-refractivity contribution in [2.45, 2.75) is 139 Å². The summed E-state index contributed by atoms with van der Waals surface area (Å²) in [5.41, 5.74) is -1.96. The minimum Gasteiger partial charge on any atom is -0.455 e. The van der Waals surface area contributed by atoms with Gasteiger partial charge in [-0.1, -0.05) is 80.6 Å². The SMILES string of the molecule is CC(=O)O[C@H]1C(=O)[C@@]2(C)C(C(OC(=O)c3ccccc3)[C@]3(O)C[C@H](OC(=O)[C@H](OC(=O)CCN4C(=O)CC(SC[C@@H](C)N)C4=O)[C@@H](NC(=O)c4ccccc4)c4ccccc4)C(C)=C1C3(C)C)[C@]1(OC(C)=O)CO[C@@H]1C[C@@H]2O. The first kappa shape index (κ1) is 57.4. The highest BCUT2D eigenvalue weighted by molar-refractivity contribution is 8.00. The molecule has 0 radical (unpaired) electrons. The number of aliphatic hydroxyl groups excluding tert-OH is 1. The molecule has 3 aliphatic carbocycles. The maximum absolute atomic E-state index is 15.8. The number of aliphatic hydroxyl groups is 2. The lowest BCUT2D eigenvalue weighted by atomic mass is 9.44. The molecule has 4 fully saturated rings. The van der Waals surface area contributed by atoms with Crippen molar-refractivity contribution in [2.24, 2.45) is 22.5 Å². The van der Waals surface area contributed by atoms with Gasteiger partial charge in [-0.15, -0.1) is 11.8 Å². The topological polar surface area (TPSA) is 291 Å². The molecule has 2 saturated carbocycles. The van der Waals surface area contributed by atoms with Crippen molar-refractivity contribution in [3.63, 3.8) is 0 Å². The van der Waals surface area contributed by atoms with Gasteiger partial charge < -0.3 is 49.7 Å². The number of nitrogens with zero attached hydrogens (tertiary/aromatic N) is 1. The van der Waals surface area contributed by atoms with Crippen LogP contribution in [0.25, 0.3) is 0 Å². The first-order valence-corrected chi connectivity index (χ1v) is 26.8. The predicted octanol–water partition coefficient (Wildman–Crippen LogP) is 3.88. The second kappa shape index (κ2) is 22.5. The number of fused-ring (bicyclic) bond motifs is 5. The smallest absolute Gasteiger partial charge is 0.350 e. The maximum Gasteiger partial charge on any atom is 0.350 e. The number of nitrogens with two attached hydrogens (primary N) is 1. The third-order valence-electron chi connectivity index (χ3n) is 16.0. The molecule has 3 aromatic rings. The monoisotopic (exact) mass is 1100 g/mol. The Bertz CT molecular complexity index is 2880. The number of imide groups is 1. The zero-order chi connectivity index (χ0) is 56.6. The van der Waals surface area contributed by atoms with E-state index in [1.54, 1.807) is 73.7 Å². The lowest BCUT2D eigenvalue weighted by Crippen LogP contribution is -2.82. The van der Waals surface area contributed by atoms with Crippen LogP contribution in [0.4, 0.5) is 0 Å². The highest BCUT2D eigenvalue weighted by atomic mass is 32.2. The van der Waals surface area contributed by atoms with E-state index in [4.69, 9.17) is 34.2 Å². The Morgan fingerprint density at radius 1 is 0.872 bits per heavy atom. The molecule has 5 aliphatic rings. The summed E-state index contributed by atoms with van der Waals surface area (Å²) >= 11 is 1.22. The fourth-order valence-corrected chi connectivity index (χ4v) is 13.0. The Labute approximate surface area is 455 Å². The number of thioether (sulfide) groups is 1. The van der Waals surface area contributed by atoms with Crippen molar-refractivity contribution in [3.05, 3.63) is 119 Å². The van der Waals surface area contributed by atoms with Crippen molar-refractivity contribution < 1.29 is 81.8 Å². The number of carbonyl (C=O) groups is 9. The zero-order valence-corrected chi connectivity index (χ0v) is 45.2. The van der Waals surface area contributed by atoms with E-state index < -0.39 is 149 Å². The number of carbonyl (C=O) groups excluding carboxylic acids is 9. The lowest BCUT2D eigenvalue weighted by Gasteiger charge is -2.67. The Morgan fingerprint density at radius 2 is 1.49 bits per heavy atom. The van der Waals surface area contributed by atoms with Gasteiger partial charge in [0, 0.05) is 62.4 Å². The fourth-order valence-electron chi connectivity index (χ4n) is 12.0. The molecule has 8 rings (SSSR count). The van der Waals surface area contributed by atoms with E-state index in [9.17, 15) is 43.8 Å². The fraction of sp³-hybridized carbons (Fsp3) is 0.491. The maximum atomic E-state index is 15.8. The third kappa shape index (κ3) is 10.6. The molecular formula is C57H65N3O17S. The van der Waals surface area contributed by atoms with Crippen LogP contribution in [0, 0.1) is 16.7 Å². The number of hydrogen-bond donors (Lipinski definition) is 4. The number of esters is 5. The van der Waals surface area contributed by atoms with E-state index in [2.05, 4.69) is 5.32 Å². The van der Waals surface area contributed by atoms with Crippen molar-refractivity contribution in [2.75, 3.05) is 18.9 Å². The molecule has 2 aliphatic heterocycles. The first-order valence-electron chi connectivity index (χ1n) is 25.8. The molecule has 20 nitrogen and oxygen atoms in total. The van der Waals surface area contributed by atoms with Crippen molar-refractivity contribution in [1.29, 1.82) is 0 Å². The van der Waals surface area contributed by atoms with Gasteiger partial charge in [0.25, 0.3) is 5.91 Å². The Kier molecular flexibility index (Phi) is 16.6. The second-order valence-electron chi connectivity index (χ2n) is 21.5. The van der Waals surface area contributed by atoms with Gasteiger partial charge in [0.05, 0.1) is 41.3 Å². The summed E-state index contributed by atoms with van der Waals surface area (Å²) in [5.74, 6) is -9.06. The lowest BCUT2D eigenvalue weighted by molar-refractivity contribution is -0.346. The van der Waals surface area contributed by atoms with Gasteiger partial charge in [-0.2, -0.15) is 0 Å². The molecule has 78 heavy (non-hydrogen) atoms. The van der Waals surface area contributed by atoms with Gasteiger partial charge in [-0.05, 0) is 61.7 Å². The van der Waals surface area contributed by atoms with Crippen LogP contribution in [-0.4, -0.2) is 146 Å². The van der Waals surface area contributed by atoms with Crippen LogP contribution in [0.2, 0.25) is 0 Å². The molecule has 3 unspecified atom stereocenters. The number of nitrogens with one attached hydrogen (secondary N) is 1. The van der Waals surface area contributed by atoms with E-state index >= 15 is 9.59 Å². The number of ether oxygens (including phenoxy) is 6. The molecule has 2 heterocycles. The number of amides is 3. The summed E-state index contributed by atoms with van der Waals surface area (Å²) in [6.45, 7) is 9.06. The molecule has 3 aromatic carbocycles. The molecule has 0 aromatic heterocycles. The van der Waals surface area contributed by atoms with E-state index in [0.29, 0.717) is 5.75 Å². The van der Waals surface area contributed by atoms with Gasteiger partial charge >= 0.3 is 29.8 Å². The van der Waals surface area contributed by atoms with Crippen molar-refractivity contribution in [3.8, 4) is 0 Å². The number of rotatable bonds is 17. The number of ketones is 1. The van der Waals surface area contributed by atoms with Crippen LogP contribution in [0.5, 0.6) is 0 Å². The van der Waals surface area contributed by atoms with Crippen LogP contribution >= 0.6 is 11.8 Å². The molecule has 13 atom stereocenters. The summed E-state index contributed by atoms with van der Waals surface area (Å²) in [6.07, 6.45) is -11.9. The zero-order valence-electron chi connectivity index (χ0n) is 44.3. The third-order valence-corrected chi connectivity index (χ3v) is 17.5. The van der Waals surface area contributed by atoms with Crippen LogP contribution in [0.15, 0.2) is 102 Å². The summed E-state index contributed by atoms with van der Waals surface area (Å²) in [4.78, 5) is 128. The standard InChI is InChI=1S/C57H65N3O17S/c1-30(58)28-78-38-25-41(64)60(51(38)68)24-23-42(65)75-46(44(34-17-11-8-12-18-34)59-50(67)35-19-13-9-14-20-35)53(70)74-37-27-57(71)49(76-52(69)36-21-15-10-16-22-36)47-55(7,39(63)26-40-56(47,29-72-40)77-33(4)62)48(66)45(73-32(3)61)43(31(37)2)54(57,5)6/h8-22,30,37-40,44-47,49,63,71H,23-29,58H2,1-7H3,(H,59,67)/t30-,37+,38?,39+,40-,44+,45-,46-,47?,49?,55-,56+,57-/m1/s1. The minimum absolute atomic E-state index is 0.0179. The highest BCUT2D eigenvalue weighted by Gasteiger charge is 2.78. The number of benzene rings is 3. The predicted molar refractivity (Wildman–Crippen MR) is 277 cm³/mol. The van der Waals surface area contributed by atoms with Crippen molar-refractivity contribution >= 4 is 65.1 Å². The Balaban J connectivity index is 1.25. The van der Waals surface area contributed by atoms with Gasteiger partial charge in [0.15, 0.2) is 17.5 Å². The number of likely N-dealkylation sites (tertiary alicyclic amines) is 1. The molecule has 21 heteroatoms. The highest BCUT2D eigenvalue weighted by Crippen LogP contribution is 2.64. The molecule has 2 saturated heterocycles. The Hall–Kier alpha value is -6.78. The summed E-state index contributed by atoms with van der Waals surface area (Å²) in [7, 11) is 0. The van der Waals surface area contributed by atoms with E-state index in [-0.39, 0.29) is 53.3 Å². The average Bonchev–Trinajstić information content (AvgIpc) is 2.24. The summed E-state index contributed by atoms with van der Waals surface area (Å²) in [6, 6.07) is 22.0. The summed E-state index contributed by atoms with van der Waals surface area (Å²) < 4.78 is 36.9. The minimum atomic E-state index is -2.52. The average molecular weight is 1100 g/mol. The van der Waals surface area contributed by atoms with Gasteiger partial charge in [-0.3, -0.25) is 38.5 Å². The molecule has 2 bridgehead atoms. The number of hydrogen-bond acceptors (Lipinski definition) is 19.